The fourth-order valence-electron chi connectivity index (χ4n) is 4.70. The highest BCUT2D eigenvalue weighted by Gasteiger charge is 2.29. The van der Waals surface area contributed by atoms with Crippen LogP contribution >= 0.6 is 11.8 Å². The summed E-state index contributed by atoms with van der Waals surface area (Å²) in [4.78, 5) is 30.2. The minimum Gasteiger partial charge on any atom is -0.449 e. The van der Waals surface area contributed by atoms with Crippen LogP contribution in [0.15, 0.2) is 88.8 Å². The van der Waals surface area contributed by atoms with E-state index in [1.54, 1.807) is 6.20 Å². The molecule has 1 amide bonds. The summed E-state index contributed by atoms with van der Waals surface area (Å²) in [7, 11) is 0. The summed E-state index contributed by atoms with van der Waals surface area (Å²) in [5.74, 6) is 0.0160. The van der Waals surface area contributed by atoms with Crippen LogP contribution in [0, 0.1) is 13.8 Å². The second-order valence-corrected chi connectivity index (χ2v) is 9.85. The number of nitrogens with zero attached hydrogens (tertiary/aromatic N) is 1. The smallest absolute Gasteiger partial charge is 0.407 e. The molecule has 0 unspecified atom stereocenters. The number of carbonyl (C=O) groups is 2. The first kappa shape index (κ1) is 23.8. The fraction of sp³-hybridized carbons (Fsp3) is 0.167. The summed E-state index contributed by atoms with van der Waals surface area (Å²) in [6.07, 6.45) is 1.92. The molecule has 0 saturated heterocycles. The van der Waals surface area contributed by atoms with E-state index in [4.69, 9.17) is 4.74 Å². The highest BCUT2D eigenvalue weighted by atomic mass is 32.2. The summed E-state index contributed by atoms with van der Waals surface area (Å²) in [5, 5.41) is 2.93. The Kier molecular flexibility index (Phi) is 6.87. The highest BCUT2D eigenvalue weighted by molar-refractivity contribution is 7.99. The number of ether oxygens (including phenoxy) is 1. The summed E-state index contributed by atoms with van der Waals surface area (Å²) in [6, 6.07) is 24.3. The van der Waals surface area contributed by atoms with Gasteiger partial charge >= 0.3 is 6.09 Å². The Balaban J connectivity index is 1.29. The number of fused-ring (bicyclic) bond motifs is 3. The summed E-state index contributed by atoms with van der Waals surface area (Å²) >= 11 is 1.49. The van der Waals surface area contributed by atoms with Crippen molar-refractivity contribution < 1.29 is 14.3 Å². The van der Waals surface area contributed by atoms with E-state index in [0.717, 1.165) is 32.8 Å². The molecule has 5 rings (SSSR count). The number of alkyl carbamates (subject to hydrolysis) is 1. The van der Waals surface area contributed by atoms with E-state index >= 15 is 0 Å². The van der Waals surface area contributed by atoms with E-state index in [9.17, 15) is 9.59 Å². The van der Waals surface area contributed by atoms with Crippen molar-refractivity contribution in [2.24, 2.45) is 0 Å². The van der Waals surface area contributed by atoms with Gasteiger partial charge in [-0.1, -0.05) is 72.4 Å². The van der Waals surface area contributed by atoms with Crippen molar-refractivity contribution in [2.45, 2.75) is 36.1 Å². The third kappa shape index (κ3) is 4.64. The van der Waals surface area contributed by atoms with Crippen LogP contribution in [0.5, 0.6) is 0 Å². The van der Waals surface area contributed by atoms with E-state index < -0.39 is 6.09 Å². The Hall–Kier alpha value is -3.90. The number of hydrogen-bond acceptors (Lipinski definition) is 5. The number of aryl methyl sites for hydroxylation is 2. The third-order valence-corrected chi connectivity index (χ3v) is 7.91. The van der Waals surface area contributed by atoms with Crippen molar-refractivity contribution in [1.82, 2.24) is 10.3 Å². The summed E-state index contributed by atoms with van der Waals surface area (Å²) < 4.78 is 5.71. The van der Waals surface area contributed by atoms with Crippen LogP contribution < -0.4 is 5.32 Å². The van der Waals surface area contributed by atoms with Crippen LogP contribution in [0.25, 0.3) is 11.1 Å². The molecule has 0 fully saturated rings. The van der Waals surface area contributed by atoms with Gasteiger partial charge in [0.1, 0.15) is 12.3 Å². The van der Waals surface area contributed by atoms with Crippen LogP contribution in [0.1, 0.15) is 44.2 Å². The molecule has 0 aliphatic heterocycles. The first-order valence-electron chi connectivity index (χ1n) is 11.8. The van der Waals surface area contributed by atoms with Crippen molar-refractivity contribution in [3.05, 3.63) is 113 Å². The molecule has 0 radical (unpaired) electrons. The number of pyridine rings is 1. The maximum Gasteiger partial charge on any atom is 0.407 e. The average molecular weight is 495 g/mol. The zero-order valence-corrected chi connectivity index (χ0v) is 21.0. The Labute approximate surface area is 214 Å². The van der Waals surface area contributed by atoms with Gasteiger partial charge < -0.3 is 10.1 Å². The number of hydrogen-bond donors (Lipinski definition) is 1. The van der Waals surface area contributed by atoms with Gasteiger partial charge in [-0.05, 0) is 64.9 Å². The minimum absolute atomic E-state index is 0.0160. The fourth-order valence-corrected chi connectivity index (χ4v) is 5.86. The highest BCUT2D eigenvalue weighted by Crippen LogP contribution is 2.44. The zero-order valence-electron chi connectivity index (χ0n) is 20.2. The van der Waals surface area contributed by atoms with Gasteiger partial charge in [0.15, 0.2) is 6.29 Å². The van der Waals surface area contributed by atoms with Gasteiger partial charge in [-0.2, -0.15) is 0 Å². The second-order valence-electron chi connectivity index (χ2n) is 8.79. The molecule has 1 aromatic heterocycles. The SMILES string of the molecule is Cc1ccc(C)c(Sc2cccnc2C=O)c1CNC(=O)OCC1c2ccccc2-c2ccccc21. The van der Waals surface area contributed by atoms with Crippen LogP contribution in [0.2, 0.25) is 0 Å². The molecule has 0 bridgehead atoms. The molecule has 1 aliphatic rings. The van der Waals surface area contributed by atoms with Gasteiger partial charge in [-0.3, -0.25) is 9.78 Å². The summed E-state index contributed by atoms with van der Waals surface area (Å²) in [5.41, 5.74) is 8.28. The number of amides is 1. The first-order valence-corrected chi connectivity index (χ1v) is 12.6. The van der Waals surface area contributed by atoms with Crippen molar-refractivity contribution in [3.63, 3.8) is 0 Å². The Morgan fingerprint density at radius 2 is 1.61 bits per heavy atom. The van der Waals surface area contributed by atoms with Crippen LogP contribution in [-0.4, -0.2) is 24.0 Å². The number of aromatic nitrogens is 1. The van der Waals surface area contributed by atoms with Crippen LogP contribution in [0.4, 0.5) is 4.79 Å². The lowest BCUT2D eigenvalue weighted by Gasteiger charge is -2.17. The lowest BCUT2D eigenvalue weighted by atomic mass is 9.98. The van der Waals surface area contributed by atoms with E-state index in [0.29, 0.717) is 12.2 Å². The predicted molar refractivity (Wildman–Crippen MR) is 142 cm³/mol. The molecule has 0 spiro atoms. The molecule has 1 aliphatic carbocycles. The summed E-state index contributed by atoms with van der Waals surface area (Å²) in [6.45, 7) is 4.63. The van der Waals surface area contributed by atoms with Gasteiger partial charge in [0, 0.05) is 28.5 Å². The third-order valence-electron chi connectivity index (χ3n) is 6.57. The topological polar surface area (TPSA) is 68.3 Å². The standard InChI is InChI=1S/C30H26N2O3S/c1-19-13-14-20(2)29(36-28-12-7-15-31-27(28)17-33)25(19)16-32-30(34)35-18-26-23-10-5-3-8-21(23)22-9-4-6-11-24(22)26/h3-15,17,26H,16,18H2,1-2H3,(H,32,34). The number of carbonyl (C=O) groups excluding carboxylic acids is 2. The number of benzene rings is 3. The Morgan fingerprint density at radius 1 is 0.944 bits per heavy atom. The first-order chi connectivity index (χ1) is 17.6. The minimum atomic E-state index is -0.455. The number of aldehydes is 1. The van der Waals surface area contributed by atoms with Gasteiger partial charge in [-0.15, -0.1) is 0 Å². The average Bonchev–Trinajstić information content (AvgIpc) is 3.23. The zero-order chi connectivity index (χ0) is 25.1. The van der Waals surface area contributed by atoms with Crippen LogP contribution in [-0.2, 0) is 11.3 Å². The number of rotatable bonds is 7. The van der Waals surface area contributed by atoms with E-state index in [1.807, 2.05) is 62.4 Å². The molecule has 36 heavy (non-hydrogen) atoms. The molecular formula is C30H26N2O3S. The molecule has 6 heteroatoms. The second kappa shape index (κ2) is 10.4. The lowest BCUT2D eigenvalue weighted by Crippen LogP contribution is -2.26. The van der Waals surface area contributed by atoms with E-state index in [-0.39, 0.29) is 12.5 Å². The maximum atomic E-state index is 12.8. The van der Waals surface area contributed by atoms with Crippen molar-refractivity contribution in [3.8, 4) is 11.1 Å². The molecular weight excluding hydrogens is 468 g/mol. The molecule has 5 nitrogen and oxygen atoms in total. The molecule has 1 N–H and O–H groups in total. The molecule has 0 saturated carbocycles. The molecule has 4 aromatic rings. The largest absolute Gasteiger partial charge is 0.449 e. The van der Waals surface area contributed by atoms with Gasteiger partial charge in [0.2, 0.25) is 0 Å². The Bertz CT molecular complexity index is 1400. The Morgan fingerprint density at radius 3 is 2.31 bits per heavy atom. The predicted octanol–water partition coefficient (Wildman–Crippen LogP) is 6.70. The van der Waals surface area contributed by atoms with E-state index in [2.05, 4.69) is 34.6 Å². The normalized spacial score (nSPS) is 12.1. The van der Waals surface area contributed by atoms with Crippen molar-refractivity contribution >= 4 is 24.1 Å². The number of nitrogens with one attached hydrogen (secondary N) is 1. The van der Waals surface area contributed by atoms with Gasteiger partial charge in [0.25, 0.3) is 0 Å². The van der Waals surface area contributed by atoms with Gasteiger partial charge in [-0.25, -0.2) is 4.79 Å². The molecule has 0 atom stereocenters. The molecule has 3 aromatic carbocycles. The maximum absolute atomic E-state index is 12.8. The van der Waals surface area contributed by atoms with Gasteiger partial charge in [0.05, 0.1) is 0 Å². The van der Waals surface area contributed by atoms with Crippen molar-refractivity contribution in [1.29, 1.82) is 0 Å². The van der Waals surface area contributed by atoms with E-state index in [1.165, 1.54) is 34.0 Å². The van der Waals surface area contributed by atoms with Crippen molar-refractivity contribution in [2.75, 3.05) is 6.61 Å². The lowest BCUT2D eigenvalue weighted by molar-refractivity contribution is 0.111. The molecule has 1 heterocycles. The molecule has 180 valence electrons. The quantitative estimate of drug-likeness (QED) is 0.290. The van der Waals surface area contributed by atoms with Crippen LogP contribution in [0.3, 0.4) is 0 Å². The monoisotopic (exact) mass is 494 g/mol.